The highest BCUT2D eigenvalue weighted by molar-refractivity contribution is 5.69. The minimum atomic E-state index is -0.159. The SMILES string of the molecule is CCCCC/C=C\C/C=C\CCCCCCCC(=O)OCCOCCOc1cc(CN(C)C)cc(OCCOCCOC(=O)CCCCCCC/C=C\C/C=C\CCCCC)c1. The van der Waals surface area contributed by atoms with Crippen molar-refractivity contribution >= 4 is 11.9 Å². The molecule has 0 atom stereocenters. The number of esters is 2. The standard InChI is InChI=1S/C53H89NO8/c1-5-7-9-11-13-15-17-19-21-23-25-27-29-31-33-35-52(55)61-43-39-57-37-41-59-50-45-49(48-54(3)4)46-51(47-50)60-42-38-58-40-44-62-53(56)36-34-32-30-28-26-24-22-20-18-16-14-12-10-8-6-2/h13-16,19-22,45-47H,5-12,17-18,23-44,48H2,1-4H3/b15-13-,16-14-,21-19-,22-20-. The number of hydrogen-bond acceptors (Lipinski definition) is 9. The normalized spacial score (nSPS) is 11.9. The molecule has 0 saturated carbocycles. The lowest BCUT2D eigenvalue weighted by molar-refractivity contribution is -0.146. The van der Waals surface area contributed by atoms with Gasteiger partial charge in [-0.25, -0.2) is 0 Å². The zero-order valence-corrected chi connectivity index (χ0v) is 39.9. The van der Waals surface area contributed by atoms with Gasteiger partial charge >= 0.3 is 11.9 Å². The van der Waals surface area contributed by atoms with Gasteiger partial charge in [-0.05, 0) is 109 Å². The first kappa shape index (κ1) is 56.6. The fourth-order valence-corrected chi connectivity index (χ4v) is 6.63. The van der Waals surface area contributed by atoms with Crippen LogP contribution in [0, 0.1) is 0 Å². The number of carbonyl (C=O) groups excluding carboxylic acids is 2. The van der Waals surface area contributed by atoms with Crippen LogP contribution in [-0.4, -0.2) is 83.8 Å². The molecular weight excluding hydrogens is 779 g/mol. The van der Waals surface area contributed by atoms with Crippen LogP contribution in [0.15, 0.2) is 66.8 Å². The number of hydrogen-bond donors (Lipinski definition) is 0. The number of nitrogens with zero attached hydrogens (tertiary/aromatic N) is 1. The molecule has 0 aliphatic rings. The van der Waals surface area contributed by atoms with Crippen molar-refractivity contribution in [2.24, 2.45) is 0 Å². The first-order valence-electron chi connectivity index (χ1n) is 24.6. The first-order chi connectivity index (χ1) is 30.4. The Kier molecular flexibility index (Phi) is 40.4. The quantitative estimate of drug-likeness (QED) is 0.0361. The molecule has 1 aromatic carbocycles. The van der Waals surface area contributed by atoms with Gasteiger partial charge in [0.2, 0.25) is 0 Å². The second-order valence-corrected chi connectivity index (χ2v) is 16.4. The smallest absolute Gasteiger partial charge is 0.305 e. The Hall–Kier alpha value is -3.40. The molecule has 0 spiro atoms. The van der Waals surface area contributed by atoms with Crippen molar-refractivity contribution in [3.05, 3.63) is 72.4 Å². The highest BCUT2D eigenvalue weighted by atomic mass is 16.6. The molecule has 354 valence electrons. The van der Waals surface area contributed by atoms with Crippen LogP contribution in [0.4, 0.5) is 0 Å². The Labute approximate surface area is 379 Å². The van der Waals surface area contributed by atoms with Crippen molar-refractivity contribution in [1.29, 1.82) is 0 Å². The second kappa shape index (κ2) is 44.2. The third-order valence-electron chi connectivity index (χ3n) is 10.1. The predicted molar refractivity (Wildman–Crippen MR) is 257 cm³/mol. The summed E-state index contributed by atoms with van der Waals surface area (Å²) in [6.45, 7) is 7.87. The molecule has 0 saturated heterocycles. The Morgan fingerprint density at radius 1 is 0.452 bits per heavy atom. The topological polar surface area (TPSA) is 92.8 Å². The lowest BCUT2D eigenvalue weighted by atomic mass is 10.1. The summed E-state index contributed by atoms with van der Waals surface area (Å²) in [6.07, 6.45) is 44.7. The van der Waals surface area contributed by atoms with E-state index in [9.17, 15) is 9.59 Å². The van der Waals surface area contributed by atoms with E-state index in [1.807, 2.05) is 32.3 Å². The minimum Gasteiger partial charge on any atom is -0.491 e. The number of allylic oxidation sites excluding steroid dienone is 8. The van der Waals surface area contributed by atoms with Gasteiger partial charge in [0.05, 0.1) is 26.4 Å². The Bertz CT molecular complexity index is 1220. The van der Waals surface area contributed by atoms with Crippen molar-refractivity contribution in [3.8, 4) is 11.5 Å². The molecule has 62 heavy (non-hydrogen) atoms. The maximum Gasteiger partial charge on any atom is 0.305 e. The van der Waals surface area contributed by atoms with E-state index >= 15 is 0 Å². The van der Waals surface area contributed by atoms with E-state index < -0.39 is 0 Å². The largest absolute Gasteiger partial charge is 0.491 e. The minimum absolute atomic E-state index is 0.159. The van der Waals surface area contributed by atoms with E-state index in [0.717, 1.165) is 76.3 Å². The molecule has 0 unspecified atom stereocenters. The molecule has 0 bridgehead atoms. The summed E-state index contributed by atoms with van der Waals surface area (Å²) in [5.41, 5.74) is 1.07. The van der Waals surface area contributed by atoms with Gasteiger partial charge in [0.1, 0.15) is 37.9 Å². The second-order valence-electron chi connectivity index (χ2n) is 16.4. The van der Waals surface area contributed by atoms with E-state index in [-0.39, 0.29) is 25.2 Å². The van der Waals surface area contributed by atoms with Crippen LogP contribution in [-0.2, 0) is 35.1 Å². The van der Waals surface area contributed by atoms with Crippen LogP contribution >= 0.6 is 0 Å². The molecule has 0 amide bonds. The van der Waals surface area contributed by atoms with Crippen molar-refractivity contribution in [2.45, 2.75) is 174 Å². The van der Waals surface area contributed by atoms with Gasteiger partial charge in [0.25, 0.3) is 0 Å². The fraction of sp³-hybridized carbons (Fsp3) is 0.698. The summed E-state index contributed by atoms with van der Waals surface area (Å²) in [6, 6.07) is 5.87. The molecular formula is C53H89NO8. The third-order valence-corrected chi connectivity index (χ3v) is 10.1. The van der Waals surface area contributed by atoms with Crippen LogP contribution in [0.3, 0.4) is 0 Å². The van der Waals surface area contributed by atoms with Crippen LogP contribution in [0.5, 0.6) is 11.5 Å². The average Bonchev–Trinajstić information content (AvgIpc) is 3.25. The summed E-state index contributed by atoms with van der Waals surface area (Å²) >= 11 is 0. The van der Waals surface area contributed by atoms with E-state index in [1.165, 1.54) is 77.0 Å². The fourth-order valence-electron chi connectivity index (χ4n) is 6.63. The molecule has 9 heteroatoms. The molecule has 0 N–H and O–H groups in total. The van der Waals surface area contributed by atoms with E-state index in [4.69, 9.17) is 28.4 Å². The van der Waals surface area contributed by atoms with Gasteiger partial charge in [0.15, 0.2) is 0 Å². The predicted octanol–water partition coefficient (Wildman–Crippen LogP) is 13.3. The molecule has 0 fully saturated rings. The molecule has 0 aliphatic heterocycles. The molecule has 0 heterocycles. The lowest BCUT2D eigenvalue weighted by Gasteiger charge is -2.15. The molecule has 0 radical (unpaired) electrons. The maximum atomic E-state index is 12.1. The molecule has 0 aliphatic carbocycles. The highest BCUT2D eigenvalue weighted by Crippen LogP contribution is 2.24. The number of benzene rings is 1. The summed E-state index contributed by atoms with van der Waals surface area (Å²) < 4.78 is 33.9. The van der Waals surface area contributed by atoms with Crippen molar-refractivity contribution < 1.29 is 38.0 Å². The lowest BCUT2D eigenvalue weighted by Crippen LogP contribution is -2.15. The number of carbonyl (C=O) groups is 2. The molecule has 9 nitrogen and oxygen atoms in total. The van der Waals surface area contributed by atoms with Gasteiger partial charge in [0, 0.05) is 25.5 Å². The molecule has 1 aromatic rings. The number of rotatable bonds is 44. The zero-order valence-electron chi connectivity index (χ0n) is 39.9. The zero-order chi connectivity index (χ0) is 44.8. The summed E-state index contributed by atoms with van der Waals surface area (Å²) in [5.74, 6) is 1.08. The average molecular weight is 868 g/mol. The first-order valence-corrected chi connectivity index (χ1v) is 24.6. The van der Waals surface area contributed by atoms with E-state index in [2.05, 4.69) is 67.4 Å². The number of ether oxygens (including phenoxy) is 6. The third kappa shape index (κ3) is 39.4. The van der Waals surface area contributed by atoms with Crippen LogP contribution in [0.2, 0.25) is 0 Å². The Balaban J connectivity index is 2.07. The van der Waals surface area contributed by atoms with Crippen molar-refractivity contribution in [1.82, 2.24) is 4.90 Å². The summed E-state index contributed by atoms with van der Waals surface area (Å²) in [4.78, 5) is 26.3. The number of unbranched alkanes of at least 4 members (excludes halogenated alkanes) is 16. The van der Waals surface area contributed by atoms with Gasteiger partial charge in [-0.3, -0.25) is 9.59 Å². The van der Waals surface area contributed by atoms with Crippen molar-refractivity contribution in [3.63, 3.8) is 0 Å². The highest BCUT2D eigenvalue weighted by Gasteiger charge is 2.07. The molecule has 1 rings (SSSR count). The maximum absolute atomic E-state index is 12.1. The van der Waals surface area contributed by atoms with Gasteiger partial charge in [-0.15, -0.1) is 0 Å². The Morgan fingerprint density at radius 2 is 0.823 bits per heavy atom. The van der Waals surface area contributed by atoms with Gasteiger partial charge < -0.3 is 33.3 Å². The monoisotopic (exact) mass is 868 g/mol. The van der Waals surface area contributed by atoms with Crippen molar-refractivity contribution in [2.75, 3.05) is 67.0 Å². The van der Waals surface area contributed by atoms with Crippen LogP contribution < -0.4 is 9.47 Å². The van der Waals surface area contributed by atoms with E-state index in [1.54, 1.807) is 0 Å². The Morgan fingerprint density at radius 3 is 1.23 bits per heavy atom. The molecule has 0 aromatic heterocycles. The van der Waals surface area contributed by atoms with Gasteiger partial charge in [-0.1, -0.05) is 127 Å². The van der Waals surface area contributed by atoms with Gasteiger partial charge in [-0.2, -0.15) is 0 Å². The summed E-state index contributed by atoms with van der Waals surface area (Å²) in [7, 11) is 4.03. The van der Waals surface area contributed by atoms with Crippen LogP contribution in [0.25, 0.3) is 0 Å². The van der Waals surface area contributed by atoms with Crippen LogP contribution in [0.1, 0.15) is 174 Å². The van der Waals surface area contributed by atoms with E-state index in [0.29, 0.717) is 64.0 Å². The summed E-state index contributed by atoms with van der Waals surface area (Å²) in [5, 5.41) is 0.